The van der Waals surface area contributed by atoms with Crippen LogP contribution in [0.3, 0.4) is 0 Å². The number of hydrogen-bond donors (Lipinski definition) is 0. The number of Topliss-reactive ketones (excluding diaryl/α,β-unsaturated/α-hetero) is 1. The van der Waals surface area contributed by atoms with Crippen LogP contribution in [0.15, 0.2) is 33.9 Å². The van der Waals surface area contributed by atoms with E-state index in [1.54, 1.807) is 9.69 Å². The molecule has 0 N–H and O–H groups in total. The molecule has 0 spiro atoms. The van der Waals surface area contributed by atoms with Crippen LogP contribution in [-0.4, -0.2) is 26.6 Å². The largest absolute Gasteiger partial charge is 0.294 e. The van der Waals surface area contributed by atoms with Gasteiger partial charge in [-0.15, -0.1) is 21.5 Å². The molecule has 2 aromatic rings. The number of fused-ring (bicyclic) bond motifs is 1. The third kappa shape index (κ3) is 3.03. The molecular formula is C16H18N4O2S2. The predicted molar refractivity (Wildman–Crippen MR) is 95.2 cm³/mol. The zero-order chi connectivity index (χ0) is 17.1. The molecule has 0 fully saturated rings. The standard InChI is InChI=1S/C16H18N4O2S2/c1-3-6-11(21)15-14(12-8-5-9-23-12)20(13(22)7-4-2)19-10-17-18-16(19)24-15/h5,8-10H,3-4,6-7H2,1-2H3. The third-order valence-corrected chi connectivity index (χ3v) is 5.47. The molecule has 2 aromatic heterocycles. The highest BCUT2D eigenvalue weighted by atomic mass is 32.2. The van der Waals surface area contributed by atoms with E-state index < -0.39 is 0 Å². The van der Waals surface area contributed by atoms with Crippen molar-refractivity contribution in [3.63, 3.8) is 0 Å². The van der Waals surface area contributed by atoms with Gasteiger partial charge in [0.15, 0.2) is 5.78 Å². The number of thiophene rings is 1. The number of nitrogens with zero attached hydrogens (tertiary/aromatic N) is 4. The zero-order valence-corrected chi connectivity index (χ0v) is 15.2. The Kier molecular flexibility index (Phi) is 5.15. The topological polar surface area (TPSA) is 68.1 Å². The van der Waals surface area contributed by atoms with Crippen molar-refractivity contribution in [3.8, 4) is 0 Å². The van der Waals surface area contributed by atoms with Gasteiger partial charge in [-0.05, 0) is 36.0 Å². The van der Waals surface area contributed by atoms with Crippen molar-refractivity contribution < 1.29 is 9.59 Å². The fraction of sp³-hybridized carbons (Fsp3) is 0.375. The number of hydrogen-bond acceptors (Lipinski definition) is 6. The number of thioether (sulfide) groups is 1. The van der Waals surface area contributed by atoms with E-state index in [0.717, 1.165) is 17.7 Å². The van der Waals surface area contributed by atoms with Crippen LogP contribution < -0.4 is 5.01 Å². The normalized spacial score (nSPS) is 14.0. The monoisotopic (exact) mass is 362 g/mol. The van der Waals surface area contributed by atoms with Crippen molar-refractivity contribution in [1.29, 1.82) is 0 Å². The van der Waals surface area contributed by atoms with E-state index in [2.05, 4.69) is 10.2 Å². The molecule has 0 saturated carbocycles. The molecule has 0 aliphatic carbocycles. The Bertz CT molecular complexity index is 780. The molecule has 1 aliphatic rings. The van der Waals surface area contributed by atoms with E-state index in [-0.39, 0.29) is 11.7 Å². The molecule has 126 valence electrons. The highest BCUT2D eigenvalue weighted by Gasteiger charge is 2.34. The molecule has 3 heterocycles. The zero-order valence-electron chi connectivity index (χ0n) is 13.6. The highest BCUT2D eigenvalue weighted by molar-refractivity contribution is 8.04. The summed E-state index contributed by atoms with van der Waals surface area (Å²) in [6, 6.07) is 3.85. The smallest absolute Gasteiger partial charge is 0.246 e. The lowest BCUT2D eigenvalue weighted by Gasteiger charge is -2.31. The summed E-state index contributed by atoms with van der Waals surface area (Å²) < 4.78 is 1.64. The second-order valence-electron chi connectivity index (χ2n) is 5.34. The average Bonchev–Trinajstić information content (AvgIpc) is 3.24. The molecule has 6 nitrogen and oxygen atoms in total. The number of rotatable bonds is 6. The van der Waals surface area contributed by atoms with Crippen LogP contribution in [0.5, 0.6) is 0 Å². The fourth-order valence-electron chi connectivity index (χ4n) is 2.49. The quantitative estimate of drug-likeness (QED) is 0.787. The molecule has 0 bridgehead atoms. The van der Waals surface area contributed by atoms with E-state index in [0.29, 0.717) is 28.6 Å². The number of allylic oxidation sites excluding steroid dienone is 1. The number of carbonyl (C=O) groups is 2. The summed E-state index contributed by atoms with van der Waals surface area (Å²) in [5.74, 6) is -0.0292. The lowest BCUT2D eigenvalue weighted by atomic mass is 10.1. The van der Waals surface area contributed by atoms with Crippen LogP contribution in [0.2, 0.25) is 0 Å². The van der Waals surface area contributed by atoms with Gasteiger partial charge in [0.1, 0.15) is 12.0 Å². The van der Waals surface area contributed by atoms with Gasteiger partial charge < -0.3 is 0 Å². The Balaban J connectivity index is 2.17. The Morgan fingerprint density at radius 1 is 1.21 bits per heavy atom. The van der Waals surface area contributed by atoms with Gasteiger partial charge in [-0.25, -0.2) is 9.69 Å². The van der Waals surface area contributed by atoms with E-state index >= 15 is 0 Å². The van der Waals surface area contributed by atoms with E-state index in [4.69, 9.17) is 0 Å². The van der Waals surface area contributed by atoms with Crippen molar-refractivity contribution in [2.45, 2.75) is 44.7 Å². The molecule has 0 atom stereocenters. The first kappa shape index (κ1) is 16.9. The molecule has 1 aliphatic heterocycles. The van der Waals surface area contributed by atoms with Crippen LogP contribution in [0.1, 0.15) is 44.4 Å². The van der Waals surface area contributed by atoms with Crippen LogP contribution in [0, 0.1) is 0 Å². The summed E-state index contributed by atoms with van der Waals surface area (Å²) in [4.78, 5) is 26.9. The van der Waals surface area contributed by atoms with Gasteiger partial charge in [-0.3, -0.25) is 9.59 Å². The van der Waals surface area contributed by atoms with E-state index in [1.165, 1.54) is 29.4 Å². The summed E-state index contributed by atoms with van der Waals surface area (Å²) in [6.07, 6.45) is 3.85. The van der Waals surface area contributed by atoms with Crippen molar-refractivity contribution in [1.82, 2.24) is 14.9 Å². The van der Waals surface area contributed by atoms with Gasteiger partial charge in [0.25, 0.3) is 0 Å². The summed E-state index contributed by atoms with van der Waals surface area (Å²) in [6.45, 7) is 3.93. The fourth-order valence-corrected chi connectivity index (χ4v) is 4.32. The number of ketones is 1. The molecule has 1 amide bonds. The van der Waals surface area contributed by atoms with Gasteiger partial charge in [-0.2, -0.15) is 0 Å². The molecular weight excluding hydrogens is 344 g/mol. The SMILES string of the molecule is CCCC(=O)C1=C(c2cccs2)N(C(=O)CCC)n2cnnc2S1. The molecule has 0 radical (unpaired) electrons. The van der Waals surface area contributed by atoms with Crippen LogP contribution >= 0.6 is 23.1 Å². The molecule has 0 aromatic carbocycles. The van der Waals surface area contributed by atoms with Crippen LogP contribution in [0.25, 0.3) is 5.70 Å². The Labute approximate surface area is 148 Å². The minimum Gasteiger partial charge on any atom is -0.294 e. The van der Waals surface area contributed by atoms with Crippen molar-refractivity contribution in [2.75, 3.05) is 5.01 Å². The van der Waals surface area contributed by atoms with Crippen molar-refractivity contribution >= 4 is 40.5 Å². The van der Waals surface area contributed by atoms with Gasteiger partial charge in [0.2, 0.25) is 11.1 Å². The van der Waals surface area contributed by atoms with E-state index in [9.17, 15) is 9.59 Å². The second-order valence-corrected chi connectivity index (χ2v) is 7.27. The maximum absolute atomic E-state index is 12.8. The van der Waals surface area contributed by atoms with E-state index in [1.807, 2.05) is 31.4 Å². The maximum atomic E-state index is 12.8. The number of carbonyl (C=O) groups excluding carboxylic acids is 2. The van der Waals surface area contributed by atoms with Gasteiger partial charge in [0, 0.05) is 12.8 Å². The lowest BCUT2D eigenvalue weighted by Crippen LogP contribution is -2.41. The van der Waals surface area contributed by atoms with Crippen molar-refractivity contribution in [3.05, 3.63) is 33.6 Å². The minimum absolute atomic E-state index is 0.0365. The average molecular weight is 362 g/mol. The molecule has 8 heteroatoms. The first-order chi connectivity index (χ1) is 11.7. The molecule has 0 unspecified atom stereocenters. The summed E-state index contributed by atoms with van der Waals surface area (Å²) in [5, 5.41) is 12.0. The maximum Gasteiger partial charge on any atom is 0.246 e. The third-order valence-electron chi connectivity index (χ3n) is 3.52. The lowest BCUT2D eigenvalue weighted by molar-refractivity contribution is -0.119. The summed E-state index contributed by atoms with van der Waals surface area (Å²) >= 11 is 2.80. The van der Waals surface area contributed by atoms with Crippen LogP contribution in [-0.2, 0) is 9.59 Å². The minimum atomic E-state index is -0.0657. The highest BCUT2D eigenvalue weighted by Crippen LogP contribution is 2.41. The van der Waals surface area contributed by atoms with Gasteiger partial charge in [-0.1, -0.05) is 19.9 Å². The predicted octanol–water partition coefficient (Wildman–Crippen LogP) is 3.45. The van der Waals surface area contributed by atoms with Crippen molar-refractivity contribution in [2.24, 2.45) is 0 Å². The number of amides is 1. The molecule has 3 rings (SSSR count). The van der Waals surface area contributed by atoms with Gasteiger partial charge >= 0.3 is 0 Å². The Morgan fingerprint density at radius 2 is 2.00 bits per heavy atom. The first-order valence-corrected chi connectivity index (χ1v) is 9.59. The molecule has 0 saturated heterocycles. The van der Waals surface area contributed by atoms with Gasteiger partial charge in [0.05, 0.1) is 9.78 Å². The Morgan fingerprint density at radius 3 is 2.67 bits per heavy atom. The van der Waals surface area contributed by atoms with Crippen LogP contribution in [0.4, 0.5) is 0 Å². The summed E-state index contributed by atoms with van der Waals surface area (Å²) in [5.41, 5.74) is 0.652. The second kappa shape index (κ2) is 7.31. The summed E-state index contributed by atoms with van der Waals surface area (Å²) in [7, 11) is 0. The number of aromatic nitrogens is 3. The Hall–Kier alpha value is -1.93. The first-order valence-electron chi connectivity index (χ1n) is 7.89. The molecule has 24 heavy (non-hydrogen) atoms.